The molecule has 0 saturated heterocycles. The Bertz CT molecular complexity index is 526. The molecule has 0 spiro atoms. The first-order chi connectivity index (χ1) is 8.16. The lowest BCUT2D eigenvalue weighted by molar-refractivity contribution is 0.469. The molecule has 0 unspecified atom stereocenters. The molecule has 0 aliphatic rings. The van der Waals surface area contributed by atoms with Gasteiger partial charge in [-0.15, -0.1) is 0 Å². The van der Waals surface area contributed by atoms with Crippen LogP contribution in [-0.4, -0.2) is 15.1 Å². The molecule has 0 atom stereocenters. The number of para-hydroxylation sites is 1. The zero-order valence-electron chi connectivity index (χ0n) is 9.94. The molecule has 0 aliphatic carbocycles. The lowest BCUT2D eigenvalue weighted by Crippen LogP contribution is -2.04. The summed E-state index contributed by atoms with van der Waals surface area (Å²) < 4.78 is 0. The first-order valence-corrected chi connectivity index (χ1v) is 5.48. The van der Waals surface area contributed by atoms with Gasteiger partial charge in [-0.2, -0.15) is 0 Å². The smallest absolute Gasteiger partial charge is 0.145 e. The van der Waals surface area contributed by atoms with Gasteiger partial charge in [-0.1, -0.05) is 18.2 Å². The number of phenols is 1. The fourth-order valence-electron chi connectivity index (χ4n) is 1.47. The molecule has 0 fully saturated rings. The van der Waals surface area contributed by atoms with Crippen LogP contribution < -0.4 is 5.32 Å². The number of anilines is 1. The SMILES string of the molecule is Cc1ncc(NCc2ccccc2O)nc1C. The van der Waals surface area contributed by atoms with Gasteiger partial charge in [0.15, 0.2) is 0 Å². The van der Waals surface area contributed by atoms with E-state index < -0.39 is 0 Å². The second-order valence-corrected chi connectivity index (χ2v) is 3.91. The summed E-state index contributed by atoms with van der Waals surface area (Å²) in [6.07, 6.45) is 1.70. The normalized spacial score (nSPS) is 10.2. The van der Waals surface area contributed by atoms with E-state index in [1.54, 1.807) is 18.3 Å². The Labute approximate surface area is 100 Å². The monoisotopic (exact) mass is 229 g/mol. The molecule has 0 saturated carbocycles. The van der Waals surface area contributed by atoms with Gasteiger partial charge in [0, 0.05) is 12.1 Å². The maximum Gasteiger partial charge on any atom is 0.145 e. The van der Waals surface area contributed by atoms with Crippen molar-refractivity contribution in [1.82, 2.24) is 9.97 Å². The first-order valence-electron chi connectivity index (χ1n) is 5.48. The van der Waals surface area contributed by atoms with E-state index in [0.717, 1.165) is 22.8 Å². The number of phenolic OH excluding ortho intramolecular Hbond substituents is 1. The Morgan fingerprint density at radius 3 is 2.65 bits per heavy atom. The molecule has 2 rings (SSSR count). The zero-order chi connectivity index (χ0) is 12.3. The van der Waals surface area contributed by atoms with Crippen molar-refractivity contribution in [2.45, 2.75) is 20.4 Å². The maximum absolute atomic E-state index is 9.61. The van der Waals surface area contributed by atoms with Gasteiger partial charge >= 0.3 is 0 Å². The summed E-state index contributed by atoms with van der Waals surface area (Å²) in [4.78, 5) is 8.59. The number of rotatable bonds is 3. The molecule has 0 aliphatic heterocycles. The Balaban J connectivity index is 2.08. The highest BCUT2D eigenvalue weighted by Crippen LogP contribution is 2.16. The average Bonchev–Trinajstić information content (AvgIpc) is 2.32. The number of aromatic nitrogens is 2. The van der Waals surface area contributed by atoms with E-state index in [1.165, 1.54) is 0 Å². The molecule has 88 valence electrons. The minimum atomic E-state index is 0.289. The van der Waals surface area contributed by atoms with Gasteiger partial charge in [-0.05, 0) is 19.9 Å². The van der Waals surface area contributed by atoms with E-state index >= 15 is 0 Å². The van der Waals surface area contributed by atoms with Crippen molar-refractivity contribution in [2.24, 2.45) is 0 Å². The number of aromatic hydroxyl groups is 1. The van der Waals surface area contributed by atoms with Crippen LogP contribution in [0.1, 0.15) is 17.0 Å². The molecule has 17 heavy (non-hydrogen) atoms. The lowest BCUT2D eigenvalue weighted by atomic mass is 10.2. The highest BCUT2D eigenvalue weighted by molar-refractivity contribution is 5.38. The molecule has 0 bridgehead atoms. The predicted octanol–water partition coefficient (Wildman–Crippen LogP) is 2.41. The van der Waals surface area contributed by atoms with Crippen LogP contribution in [-0.2, 0) is 6.54 Å². The molecule has 1 heterocycles. The average molecular weight is 229 g/mol. The van der Waals surface area contributed by atoms with Gasteiger partial charge in [-0.25, -0.2) is 4.98 Å². The molecular weight excluding hydrogens is 214 g/mol. The van der Waals surface area contributed by atoms with Gasteiger partial charge in [0.2, 0.25) is 0 Å². The second-order valence-electron chi connectivity index (χ2n) is 3.91. The summed E-state index contributed by atoms with van der Waals surface area (Å²) in [7, 11) is 0. The molecule has 4 heteroatoms. The summed E-state index contributed by atoms with van der Waals surface area (Å²) in [6, 6.07) is 7.23. The van der Waals surface area contributed by atoms with Crippen molar-refractivity contribution in [2.75, 3.05) is 5.32 Å². The number of hydrogen-bond acceptors (Lipinski definition) is 4. The zero-order valence-corrected chi connectivity index (χ0v) is 9.94. The third-order valence-corrected chi connectivity index (χ3v) is 2.64. The largest absolute Gasteiger partial charge is 0.508 e. The van der Waals surface area contributed by atoms with Crippen LogP contribution in [0.3, 0.4) is 0 Å². The number of aryl methyl sites for hydroxylation is 2. The molecule has 2 aromatic rings. The van der Waals surface area contributed by atoms with E-state index in [0.29, 0.717) is 6.54 Å². The summed E-state index contributed by atoms with van der Waals surface area (Å²) in [6.45, 7) is 4.38. The Kier molecular flexibility index (Phi) is 3.23. The molecule has 1 aromatic carbocycles. The van der Waals surface area contributed by atoms with Gasteiger partial charge in [-0.3, -0.25) is 4.98 Å². The van der Waals surface area contributed by atoms with Crippen LogP contribution in [0.15, 0.2) is 30.5 Å². The topological polar surface area (TPSA) is 58.0 Å². The Hall–Kier alpha value is -2.10. The highest BCUT2D eigenvalue weighted by Gasteiger charge is 2.01. The van der Waals surface area contributed by atoms with Crippen molar-refractivity contribution in [3.05, 3.63) is 47.4 Å². The van der Waals surface area contributed by atoms with Gasteiger partial charge in [0.25, 0.3) is 0 Å². The molecule has 4 nitrogen and oxygen atoms in total. The van der Waals surface area contributed by atoms with Crippen molar-refractivity contribution < 1.29 is 5.11 Å². The molecule has 0 amide bonds. The van der Waals surface area contributed by atoms with Crippen LogP contribution in [0, 0.1) is 13.8 Å². The first kappa shape index (κ1) is 11.4. The maximum atomic E-state index is 9.61. The third-order valence-electron chi connectivity index (χ3n) is 2.64. The van der Waals surface area contributed by atoms with Crippen molar-refractivity contribution in [3.8, 4) is 5.75 Å². The van der Waals surface area contributed by atoms with E-state index in [9.17, 15) is 5.11 Å². The summed E-state index contributed by atoms with van der Waals surface area (Å²) in [5, 5.41) is 12.7. The van der Waals surface area contributed by atoms with E-state index in [2.05, 4.69) is 15.3 Å². The molecule has 0 radical (unpaired) electrons. The lowest BCUT2D eigenvalue weighted by Gasteiger charge is -2.08. The minimum Gasteiger partial charge on any atom is -0.508 e. The number of hydrogen-bond donors (Lipinski definition) is 2. The number of nitrogens with zero attached hydrogens (tertiary/aromatic N) is 2. The summed E-state index contributed by atoms with van der Waals surface area (Å²) in [5.41, 5.74) is 2.68. The molecule has 1 aromatic heterocycles. The third kappa shape index (κ3) is 2.72. The van der Waals surface area contributed by atoms with E-state index in [-0.39, 0.29) is 5.75 Å². The summed E-state index contributed by atoms with van der Waals surface area (Å²) in [5.74, 6) is 1.01. The van der Waals surface area contributed by atoms with Crippen LogP contribution in [0.5, 0.6) is 5.75 Å². The fourth-order valence-corrected chi connectivity index (χ4v) is 1.47. The minimum absolute atomic E-state index is 0.289. The quantitative estimate of drug-likeness (QED) is 0.848. The Morgan fingerprint density at radius 1 is 1.18 bits per heavy atom. The molecular formula is C13H15N3O. The van der Waals surface area contributed by atoms with Gasteiger partial charge < -0.3 is 10.4 Å². The Morgan fingerprint density at radius 2 is 1.94 bits per heavy atom. The van der Waals surface area contributed by atoms with Crippen molar-refractivity contribution in [3.63, 3.8) is 0 Å². The second kappa shape index (κ2) is 4.82. The van der Waals surface area contributed by atoms with E-state index in [1.807, 2.05) is 26.0 Å². The number of nitrogens with one attached hydrogen (secondary N) is 1. The highest BCUT2D eigenvalue weighted by atomic mass is 16.3. The van der Waals surface area contributed by atoms with Crippen molar-refractivity contribution >= 4 is 5.82 Å². The van der Waals surface area contributed by atoms with Crippen molar-refractivity contribution in [1.29, 1.82) is 0 Å². The van der Waals surface area contributed by atoms with Gasteiger partial charge in [0.1, 0.15) is 11.6 Å². The molecule has 2 N–H and O–H groups in total. The van der Waals surface area contributed by atoms with Gasteiger partial charge in [0.05, 0.1) is 17.6 Å². The predicted molar refractivity (Wildman–Crippen MR) is 66.9 cm³/mol. The van der Waals surface area contributed by atoms with Crippen LogP contribution in [0.2, 0.25) is 0 Å². The number of benzene rings is 1. The standard InChI is InChI=1S/C13H15N3O/c1-9-10(2)16-13(8-14-9)15-7-11-5-3-4-6-12(11)17/h3-6,8,17H,7H2,1-2H3,(H,15,16). The summed E-state index contributed by atoms with van der Waals surface area (Å²) >= 11 is 0. The van der Waals surface area contributed by atoms with Crippen LogP contribution >= 0.6 is 0 Å². The van der Waals surface area contributed by atoms with Crippen LogP contribution in [0.25, 0.3) is 0 Å². The van der Waals surface area contributed by atoms with E-state index in [4.69, 9.17) is 0 Å². The fraction of sp³-hybridized carbons (Fsp3) is 0.231. The van der Waals surface area contributed by atoms with Crippen LogP contribution in [0.4, 0.5) is 5.82 Å².